The monoisotopic (exact) mass is 327 g/mol. The lowest BCUT2D eigenvalue weighted by Gasteiger charge is -2.30. The minimum atomic E-state index is 0.0534. The van der Waals surface area contributed by atoms with E-state index in [2.05, 4.69) is 35.1 Å². The highest BCUT2D eigenvalue weighted by Crippen LogP contribution is 2.27. The molecule has 1 aliphatic heterocycles. The minimum Gasteiger partial charge on any atom is -0.449 e. The van der Waals surface area contributed by atoms with E-state index in [4.69, 9.17) is 4.42 Å². The molecule has 0 spiro atoms. The summed E-state index contributed by atoms with van der Waals surface area (Å²) in [4.78, 5) is 18.8. The second-order valence-corrected chi connectivity index (χ2v) is 6.71. The van der Waals surface area contributed by atoms with Crippen LogP contribution in [0.5, 0.6) is 0 Å². The number of hydrogen-bond donors (Lipinski definition) is 1. The van der Waals surface area contributed by atoms with Gasteiger partial charge in [0.25, 0.3) is 0 Å². The van der Waals surface area contributed by atoms with Crippen molar-refractivity contribution in [3.05, 3.63) is 48.2 Å². The van der Waals surface area contributed by atoms with Crippen molar-refractivity contribution in [3.8, 4) is 0 Å². The molecule has 2 heterocycles. The normalized spacial score (nSPS) is 16.5. The Hall–Kier alpha value is -2.14. The van der Waals surface area contributed by atoms with Gasteiger partial charge in [-0.1, -0.05) is 32.0 Å². The van der Waals surface area contributed by atoms with E-state index >= 15 is 0 Å². The fourth-order valence-corrected chi connectivity index (χ4v) is 3.28. The number of amides is 1. The average molecular weight is 327 g/mol. The fraction of sp³-hybridized carbons (Fsp3) is 0.474. The molecule has 0 atom stereocenters. The van der Waals surface area contributed by atoms with Gasteiger partial charge in [-0.2, -0.15) is 0 Å². The number of oxazole rings is 1. The Morgan fingerprint density at radius 3 is 2.75 bits per heavy atom. The first-order valence-electron chi connectivity index (χ1n) is 8.64. The van der Waals surface area contributed by atoms with Crippen LogP contribution in [-0.2, 0) is 4.79 Å². The van der Waals surface area contributed by atoms with Crippen molar-refractivity contribution in [3.63, 3.8) is 0 Å². The number of aromatic nitrogens is 1. The van der Waals surface area contributed by atoms with Crippen molar-refractivity contribution < 1.29 is 9.21 Å². The van der Waals surface area contributed by atoms with Gasteiger partial charge in [0.15, 0.2) is 5.89 Å². The zero-order chi connectivity index (χ0) is 16.9. The maximum atomic E-state index is 12.4. The number of carbonyl (C=O) groups excluding carboxylic acids is 1. The number of piperidine rings is 1. The second-order valence-electron chi connectivity index (χ2n) is 6.71. The molecule has 0 bridgehead atoms. The smallest absolute Gasteiger partial charge is 0.238 e. The molecule has 1 N–H and O–H groups in total. The summed E-state index contributed by atoms with van der Waals surface area (Å²) >= 11 is 0. The highest BCUT2D eigenvalue weighted by Gasteiger charge is 2.24. The number of carbonyl (C=O) groups is 1. The maximum Gasteiger partial charge on any atom is 0.238 e. The highest BCUT2D eigenvalue weighted by molar-refractivity contribution is 5.93. The van der Waals surface area contributed by atoms with Crippen LogP contribution in [0.25, 0.3) is 0 Å². The maximum absolute atomic E-state index is 12.4. The van der Waals surface area contributed by atoms with Gasteiger partial charge in [-0.05, 0) is 43.5 Å². The van der Waals surface area contributed by atoms with Gasteiger partial charge < -0.3 is 9.73 Å². The van der Waals surface area contributed by atoms with Crippen LogP contribution in [0, 0.1) is 0 Å². The highest BCUT2D eigenvalue weighted by atomic mass is 16.3. The first kappa shape index (κ1) is 16.7. The van der Waals surface area contributed by atoms with Crippen LogP contribution >= 0.6 is 0 Å². The van der Waals surface area contributed by atoms with E-state index in [1.807, 2.05) is 18.2 Å². The lowest BCUT2D eigenvalue weighted by molar-refractivity contribution is -0.117. The summed E-state index contributed by atoms with van der Waals surface area (Å²) < 4.78 is 5.39. The number of benzene rings is 1. The van der Waals surface area contributed by atoms with Gasteiger partial charge in [0.1, 0.15) is 6.26 Å². The van der Waals surface area contributed by atoms with Crippen molar-refractivity contribution in [2.75, 3.05) is 25.0 Å². The molecular weight excluding hydrogens is 302 g/mol. The van der Waals surface area contributed by atoms with Gasteiger partial charge in [-0.3, -0.25) is 9.69 Å². The Balaban J connectivity index is 1.51. The molecule has 1 amide bonds. The zero-order valence-corrected chi connectivity index (χ0v) is 14.4. The third kappa shape index (κ3) is 4.03. The van der Waals surface area contributed by atoms with Gasteiger partial charge in [0.2, 0.25) is 5.91 Å². The molecular formula is C19H25N3O2. The quantitative estimate of drug-likeness (QED) is 0.911. The number of nitrogens with zero attached hydrogens (tertiary/aromatic N) is 2. The van der Waals surface area contributed by atoms with Gasteiger partial charge >= 0.3 is 0 Å². The molecule has 0 aliphatic carbocycles. The standard InChI is InChI=1S/C19H25N3O2/c1-14(2)16-5-3-4-6-17(16)21-18(23)13-22-10-7-15(8-11-22)19-20-9-12-24-19/h3-6,9,12,14-15H,7-8,10-11,13H2,1-2H3,(H,21,23). The fourth-order valence-electron chi connectivity index (χ4n) is 3.28. The molecule has 0 saturated carbocycles. The SMILES string of the molecule is CC(C)c1ccccc1NC(=O)CN1CCC(c2ncco2)CC1. The van der Waals surface area contributed by atoms with Crippen LogP contribution in [-0.4, -0.2) is 35.4 Å². The molecule has 1 aromatic heterocycles. The topological polar surface area (TPSA) is 58.4 Å². The lowest BCUT2D eigenvalue weighted by atomic mass is 9.97. The van der Waals surface area contributed by atoms with Crippen LogP contribution in [0.2, 0.25) is 0 Å². The van der Waals surface area contributed by atoms with Crippen molar-refractivity contribution in [2.45, 2.75) is 38.5 Å². The van der Waals surface area contributed by atoms with Crippen molar-refractivity contribution in [2.24, 2.45) is 0 Å². The Kier molecular flexibility index (Phi) is 5.30. The van der Waals surface area contributed by atoms with E-state index in [0.717, 1.165) is 37.5 Å². The Labute approximate surface area is 143 Å². The van der Waals surface area contributed by atoms with E-state index in [1.54, 1.807) is 12.5 Å². The van der Waals surface area contributed by atoms with Gasteiger partial charge in [0, 0.05) is 11.6 Å². The molecule has 2 aromatic rings. The molecule has 5 heteroatoms. The van der Waals surface area contributed by atoms with E-state index in [-0.39, 0.29) is 5.91 Å². The molecule has 1 aromatic carbocycles. The number of likely N-dealkylation sites (tertiary alicyclic amines) is 1. The zero-order valence-electron chi connectivity index (χ0n) is 14.4. The molecule has 3 rings (SSSR count). The Morgan fingerprint density at radius 2 is 2.08 bits per heavy atom. The van der Waals surface area contributed by atoms with Gasteiger partial charge in [-0.15, -0.1) is 0 Å². The minimum absolute atomic E-state index is 0.0534. The third-order valence-corrected chi connectivity index (χ3v) is 4.61. The molecule has 5 nitrogen and oxygen atoms in total. The summed E-state index contributed by atoms with van der Waals surface area (Å²) in [6.45, 7) is 6.50. The van der Waals surface area contributed by atoms with Crippen LogP contribution in [0.1, 0.15) is 50.0 Å². The van der Waals surface area contributed by atoms with Crippen LogP contribution in [0.15, 0.2) is 41.1 Å². The molecule has 1 aliphatic rings. The summed E-state index contributed by atoms with van der Waals surface area (Å²) in [5, 5.41) is 3.07. The van der Waals surface area contributed by atoms with Crippen molar-refractivity contribution in [1.82, 2.24) is 9.88 Å². The predicted molar refractivity (Wildman–Crippen MR) is 94.1 cm³/mol. The first-order chi connectivity index (χ1) is 11.6. The summed E-state index contributed by atoms with van der Waals surface area (Å²) in [6.07, 6.45) is 5.29. The van der Waals surface area contributed by atoms with E-state index < -0.39 is 0 Å². The summed E-state index contributed by atoms with van der Waals surface area (Å²) in [5.74, 6) is 1.64. The Morgan fingerprint density at radius 1 is 1.33 bits per heavy atom. The van der Waals surface area contributed by atoms with Crippen LogP contribution in [0.3, 0.4) is 0 Å². The van der Waals surface area contributed by atoms with Gasteiger partial charge in [-0.25, -0.2) is 4.98 Å². The van der Waals surface area contributed by atoms with E-state index in [1.165, 1.54) is 5.56 Å². The number of rotatable bonds is 5. The molecule has 128 valence electrons. The van der Waals surface area contributed by atoms with Gasteiger partial charge in [0.05, 0.1) is 12.7 Å². The summed E-state index contributed by atoms with van der Waals surface area (Å²) in [6, 6.07) is 8.02. The van der Waals surface area contributed by atoms with Crippen LogP contribution < -0.4 is 5.32 Å². The number of anilines is 1. The number of hydrogen-bond acceptors (Lipinski definition) is 4. The summed E-state index contributed by atoms with van der Waals surface area (Å²) in [5.41, 5.74) is 2.10. The average Bonchev–Trinajstić information content (AvgIpc) is 3.10. The van der Waals surface area contributed by atoms with E-state index in [0.29, 0.717) is 18.4 Å². The molecule has 0 radical (unpaired) electrons. The number of para-hydroxylation sites is 1. The largest absolute Gasteiger partial charge is 0.449 e. The molecule has 0 unspecified atom stereocenters. The molecule has 1 fully saturated rings. The first-order valence-corrected chi connectivity index (χ1v) is 8.64. The third-order valence-electron chi connectivity index (χ3n) is 4.61. The van der Waals surface area contributed by atoms with Crippen molar-refractivity contribution >= 4 is 11.6 Å². The van der Waals surface area contributed by atoms with E-state index in [9.17, 15) is 4.79 Å². The predicted octanol–water partition coefficient (Wildman–Crippen LogP) is 3.62. The Bertz CT molecular complexity index is 659. The lowest BCUT2D eigenvalue weighted by Crippen LogP contribution is -2.38. The second kappa shape index (κ2) is 7.62. The van der Waals surface area contributed by atoms with Crippen LogP contribution in [0.4, 0.5) is 5.69 Å². The number of nitrogens with one attached hydrogen (secondary N) is 1. The summed E-state index contributed by atoms with van der Waals surface area (Å²) in [7, 11) is 0. The molecule has 1 saturated heterocycles. The van der Waals surface area contributed by atoms with Crippen molar-refractivity contribution in [1.29, 1.82) is 0 Å². The molecule has 24 heavy (non-hydrogen) atoms.